The molecule has 4 aromatic heterocycles. The number of nitrogens with zero attached hydrogens (tertiary/aromatic N) is 8. The smallest absolute Gasteiger partial charge is 0.410 e. The monoisotopic (exact) mass is 1460 g/mol. The second-order valence-corrected chi connectivity index (χ2v) is 31.9. The number of carbonyl (C=O) groups excluding carboxylic acids is 6. The van der Waals surface area contributed by atoms with E-state index in [1.165, 1.54) is 0 Å². The van der Waals surface area contributed by atoms with E-state index < -0.39 is 59.3 Å². The molecule has 7 aromatic rings. The average molecular weight is 1460 g/mol. The van der Waals surface area contributed by atoms with Gasteiger partial charge in [-0.1, -0.05) is 69.4 Å². The largest absolute Gasteiger partial charge is 0.497 e. The van der Waals surface area contributed by atoms with Crippen LogP contribution in [0.5, 0.6) is 5.75 Å². The molecule has 4 aliphatic carbocycles. The number of aliphatic hydroxyl groups is 1. The number of primary amides is 1. The number of hydrogen-bond acceptors (Lipinski definition) is 21. The first-order chi connectivity index (χ1) is 50.1. The average Bonchev–Trinajstić information content (AvgIpc) is 0.824. The van der Waals surface area contributed by atoms with Crippen molar-refractivity contribution >= 4 is 85.8 Å². The molecule has 4 fully saturated rings. The van der Waals surface area contributed by atoms with E-state index in [1.54, 1.807) is 83.2 Å². The molecule has 4 bridgehead atoms. The summed E-state index contributed by atoms with van der Waals surface area (Å²) < 4.78 is 33.3. The highest BCUT2D eigenvalue weighted by molar-refractivity contribution is 7.22. The molecular weight excluding hydrogens is 1360 g/mol. The van der Waals surface area contributed by atoms with Crippen LogP contribution in [-0.2, 0) is 61.3 Å². The predicted octanol–water partition coefficient (Wildman–Crippen LogP) is 11.5. The number of carbonyl (C=O) groups is 6. The number of urea groups is 1. The predicted molar refractivity (Wildman–Crippen MR) is 400 cm³/mol. The van der Waals surface area contributed by atoms with E-state index in [0.29, 0.717) is 66.1 Å². The summed E-state index contributed by atoms with van der Waals surface area (Å²) in [6.07, 6.45) is 8.39. The molecule has 27 nitrogen and oxygen atoms in total. The number of benzene rings is 3. The topological polar surface area (TPSA) is 343 Å². The number of thiazole rings is 1. The van der Waals surface area contributed by atoms with E-state index in [9.17, 15) is 33.9 Å². The Morgan fingerprint density at radius 2 is 1.59 bits per heavy atom. The molecule has 9 N–H and O–H groups in total. The molecule has 0 radical (unpaired) electrons. The van der Waals surface area contributed by atoms with E-state index in [1.807, 2.05) is 85.6 Å². The Bertz CT molecular complexity index is 4260. The minimum atomic E-state index is -1.08. The number of amides is 6. The van der Waals surface area contributed by atoms with Gasteiger partial charge < -0.3 is 76.2 Å². The van der Waals surface area contributed by atoms with Gasteiger partial charge in [0.15, 0.2) is 22.5 Å². The Balaban J connectivity index is 0.769. The van der Waals surface area contributed by atoms with Crippen molar-refractivity contribution in [3.63, 3.8) is 0 Å². The molecule has 6 amide bonds. The van der Waals surface area contributed by atoms with Crippen molar-refractivity contribution in [1.29, 1.82) is 0 Å². The summed E-state index contributed by atoms with van der Waals surface area (Å²) in [4.78, 5) is 94.5. The maximum Gasteiger partial charge on any atom is 0.410 e. The SMILES string of the molecule is CNCc1cc(NC(=O)[C@H](CCCNC(N)=O)NC(=O)[C@@H](NC(=O)OC(C)(C)C)C(C)C)ccc1COC(=O)N(CCCO)CCOC12CC3(Cn4ncc(-c5ccc(N6CCCc7c6nnc(Nc6nc8ccccc8s6)c7C)nc5C(=O)OCc5ccc(OC)cc5)c4C)C[C@@](C)(C1)C[C@](C)(C3)C2. The van der Waals surface area contributed by atoms with Crippen LogP contribution in [0.25, 0.3) is 21.3 Å². The fraction of sp³-hybridized carbons (Fsp3) is 0.519. The Morgan fingerprint density at radius 3 is 2.30 bits per heavy atom. The molecule has 6 atom stereocenters. The highest BCUT2D eigenvalue weighted by Gasteiger charge is 2.66. The third-order valence-corrected chi connectivity index (χ3v) is 21.3. The van der Waals surface area contributed by atoms with Crippen molar-refractivity contribution in [2.75, 3.05) is 69.1 Å². The van der Waals surface area contributed by atoms with Crippen LogP contribution in [0.2, 0.25) is 0 Å². The molecule has 5 aliphatic rings. The van der Waals surface area contributed by atoms with Gasteiger partial charge in [-0.2, -0.15) is 5.10 Å². The molecule has 5 heterocycles. The molecule has 3 aromatic carbocycles. The number of aromatic nitrogens is 6. The molecular formula is C77H101N15O12S. The molecule has 0 saturated heterocycles. The minimum Gasteiger partial charge on any atom is -0.497 e. The fourth-order valence-corrected chi connectivity index (χ4v) is 17.7. The van der Waals surface area contributed by atoms with Crippen LogP contribution in [0.4, 0.5) is 42.7 Å². The van der Waals surface area contributed by atoms with Crippen molar-refractivity contribution in [3.05, 3.63) is 124 Å². The first-order valence-electron chi connectivity index (χ1n) is 36.3. The van der Waals surface area contributed by atoms with Crippen molar-refractivity contribution in [1.82, 2.24) is 56.1 Å². The van der Waals surface area contributed by atoms with E-state index in [2.05, 4.69) is 55.5 Å². The zero-order valence-corrected chi connectivity index (χ0v) is 63.0. The number of ether oxygens (including phenoxy) is 5. The lowest BCUT2D eigenvalue weighted by atomic mass is 9.39. The number of rotatable bonds is 31. The van der Waals surface area contributed by atoms with E-state index >= 15 is 0 Å². The lowest BCUT2D eigenvalue weighted by Crippen LogP contribution is -2.64. The Morgan fingerprint density at radius 1 is 0.829 bits per heavy atom. The number of pyridine rings is 1. The number of anilines is 5. The van der Waals surface area contributed by atoms with Crippen LogP contribution >= 0.6 is 11.3 Å². The highest BCUT2D eigenvalue weighted by Crippen LogP contribution is 2.72. The number of nitrogens with two attached hydrogens (primary N) is 1. The second kappa shape index (κ2) is 32.5. The van der Waals surface area contributed by atoms with Gasteiger partial charge in [-0.15, -0.1) is 10.2 Å². The zero-order valence-electron chi connectivity index (χ0n) is 62.2. The number of para-hydroxylation sites is 1. The summed E-state index contributed by atoms with van der Waals surface area (Å²) in [6.45, 7) is 19.7. The third-order valence-electron chi connectivity index (χ3n) is 20.3. The molecule has 12 rings (SSSR count). The molecule has 4 saturated carbocycles. The van der Waals surface area contributed by atoms with Crippen LogP contribution in [0.1, 0.15) is 157 Å². The number of methoxy groups -OCH3 is 1. The second-order valence-electron chi connectivity index (χ2n) is 30.8. The van der Waals surface area contributed by atoms with Crippen molar-refractivity contribution < 1.29 is 57.6 Å². The standard InChI is InChI=1S/C77H101N15O12S/c1-47(2)62(86-71(98)104-73(5,6)7)67(95)83-59(19-14-29-80-69(78)97)66(94)82-53-24-23-51(52(35-53)36-79-10)39-102-72(99)90(30-16-33-93)32-34-103-77-43-74(8)40-75(9,44-77)42-76(41-74,45-77)46-92-49(4)57(37-81-92)56-27-28-61(85-63(56)68(96)101-38-50-21-25-54(100-11)26-22-50)91-31-15-17-55-48(3)64(88-89-65(55)91)87-70-84-58-18-12-13-20-60(58)105-70/h12-13,18,20-28,35,37,47,59,62,79,93H,14-17,19,29-34,36,38-46H2,1-11H3,(H,82,94)(H,83,95)(H,86,98)(H3,78,80,97)(H,84,87,88)/t59-,62-,74-,75+,76?,77?/m0/s1. The zero-order chi connectivity index (χ0) is 75.0. The van der Waals surface area contributed by atoms with E-state index in [0.717, 1.165) is 100 Å². The summed E-state index contributed by atoms with van der Waals surface area (Å²) in [5.41, 5.74) is 11.7. The van der Waals surface area contributed by atoms with Crippen LogP contribution in [-0.4, -0.2) is 153 Å². The van der Waals surface area contributed by atoms with Gasteiger partial charge >= 0.3 is 24.2 Å². The van der Waals surface area contributed by atoms with Gasteiger partial charge in [0.05, 0.1) is 35.7 Å². The molecule has 2 unspecified atom stereocenters. The van der Waals surface area contributed by atoms with Crippen LogP contribution in [0.15, 0.2) is 85.1 Å². The van der Waals surface area contributed by atoms with Crippen molar-refractivity contribution in [2.45, 2.75) is 183 Å². The summed E-state index contributed by atoms with van der Waals surface area (Å²) in [6, 6.07) is 21.6. The highest BCUT2D eigenvalue weighted by atomic mass is 32.1. The normalized spacial score (nSPS) is 20.0. The van der Waals surface area contributed by atoms with Gasteiger partial charge in [0.25, 0.3) is 0 Å². The van der Waals surface area contributed by atoms with Crippen molar-refractivity contribution in [2.24, 2.45) is 27.9 Å². The lowest BCUT2D eigenvalue weighted by molar-refractivity contribution is -0.248. The quantitative estimate of drug-likeness (QED) is 0.0114. The number of fused-ring (bicyclic) bond motifs is 2. The minimum absolute atomic E-state index is 0.0137. The number of alkyl carbamates (subject to hydrolysis) is 1. The molecule has 562 valence electrons. The summed E-state index contributed by atoms with van der Waals surface area (Å²) in [5, 5.41) is 42.8. The lowest BCUT2D eigenvalue weighted by Gasteiger charge is -2.69. The van der Waals surface area contributed by atoms with Gasteiger partial charge in [0.1, 0.15) is 42.5 Å². The number of nitrogens with one attached hydrogen (secondary N) is 6. The number of esters is 1. The van der Waals surface area contributed by atoms with E-state index in [4.69, 9.17) is 49.6 Å². The summed E-state index contributed by atoms with van der Waals surface area (Å²) >= 11 is 1.56. The van der Waals surface area contributed by atoms with Crippen molar-refractivity contribution in [3.8, 4) is 16.9 Å². The number of aliphatic hydroxyl groups excluding tert-OH is 1. The van der Waals surface area contributed by atoms with Gasteiger partial charge in [-0.05, 0) is 200 Å². The Labute approximate surface area is 617 Å². The van der Waals surface area contributed by atoms with Crippen LogP contribution in [0.3, 0.4) is 0 Å². The Kier molecular flexibility index (Phi) is 23.7. The molecule has 1 aliphatic heterocycles. The Hall–Kier alpha value is -9.51. The van der Waals surface area contributed by atoms with Crippen LogP contribution < -0.4 is 47.3 Å². The third kappa shape index (κ3) is 18.6. The first-order valence-corrected chi connectivity index (χ1v) is 37.1. The maximum absolute atomic E-state index is 14.7. The summed E-state index contributed by atoms with van der Waals surface area (Å²) in [7, 11) is 3.38. The van der Waals surface area contributed by atoms with Gasteiger partial charge in [-0.3, -0.25) is 14.3 Å². The summed E-state index contributed by atoms with van der Waals surface area (Å²) in [5.74, 6) is 0.452. The first kappa shape index (κ1) is 76.6. The van der Waals surface area contributed by atoms with Gasteiger partial charge in [-0.25, -0.2) is 29.1 Å². The van der Waals surface area contributed by atoms with Gasteiger partial charge in [0.2, 0.25) is 11.8 Å². The maximum atomic E-state index is 14.7. The molecule has 0 spiro atoms. The fourth-order valence-electron chi connectivity index (χ4n) is 16.8. The van der Waals surface area contributed by atoms with Crippen LogP contribution in [0, 0.1) is 36.0 Å². The molecule has 28 heteroatoms. The number of hydrogen-bond donors (Lipinski definition) is 8. The van der Waals surface area contributed by atoms with E-state index in [-0.39, 0.29) is 86.8 Å². The van der Waals surface area contributed by atoms with Gasteiger partial charge in [0, 0.05) is 79.5 Å². The molecule has 105 heavy (non-hydrogen) atoms.